The molecule has 0 aromatic heterocycles. The summed E-state index contributed by atoms with van der Waals surface area (Å²) in [4.78, 5) is 33.1. The van der Waals surface area contributed by atoms with E-state index in [1.54, 1.807) is 0 Å². The summed E-state index contributed by atoms with van der Waals surface area (Å²) in [6.07, 6.45) is 0. The summed E-state index contributed by atoms with van der Waals surface area (Å²) in [6, 6.07) is 2.39. The van der Waals surface area contributed by atoms with Gasteiger partial charge in [-0.3, -0.25) is 14.4 Å². The highest BCUT2D eigenvalue weighted by Gasteiger charge is 2.17. The van der Waals surface area contributed by atoms with E-state index in [1.807, 2.05) is 0 Å². The number of primary amides is 3. The molecule has 16 heavy (non-hydrogen) atoms. The highest BCUT2D eigenvalue weighted by molar-refractivity contribution is 9.10. The molecule has 1 rings (SSSR count). The Morgan fingerprint density at radius 1 is 0.875 bits per heavy atom. The average molecular weight is 286 g/mol. The molecule has 0 bridgehead atoms. The van der Waals surface area contributed by atoms with Gasteiger partial charge in [-0.25, -0.2) is 0 Å². The van der Waals surface area contributed by atoms with E-state index in [0.717, 1.165) is 0 Å². The lowest BCUT2D eigenvalue weighted by Gasteiger charge is -2.07. The summed E-state index contributed by atoms with van der Waals surface area (Å²) in [6.45, 7) is 0. The SMILES string of the molecule is NC(=O)c1cc(C(N)=O)c(Br)c(C(N)=O)c1. The lowest BCUT2D eigenvalue weighted by molar-refractivity contribution is 0.0998. The van der Waals surface area contributed by atoms with Crippen molar-refractivity contribution in [3.63, 3.8) is 0 Å². The van der Waals surface area contributed by atoms with Crippen LogP contribution in [0.2, 0.25) is 0 Å². The fraction of sp³-hybridized carbons (Fsp3) is 0. The van der Waals surface area contributed by atoms with Crippen molar-refractivity contribution in [2.45, 2.75) is 0 Å². The maximum absolute atomic E-state index is 11.1. The molecule has 0 saturated heterocycles. The Bertz CT molecular complexity index is 464. The van der Waals surface area contributed by atoms with E-state index in [2.05, 4.69) is 15.9 Å². The maximum atomic E-state index is 11.1. The summed E-state index contributed by atoms with van der Waals surface area (Å²) >= 11 is 3.01. The van der Waals surface area contributed by atoms with E-state index in [9.17, 15) is 14.4 Å². The topological polar surface area (TPSA) is 129 Å². The van der Waals surface area contributed by atoms with E-state index in [0.29, 0.717) is 0 Å². The molecule has 0 heterocycles. The van der Waals surface area contributed by atoms with Gasteiger partial charge in [-0.2, -0.15) is 0 Å². The summed E-state index contributed by atoms with van der Waals surface area (Å²) in [7, 11) is 0. The predicted molar refractivity (Wildman–Crippen MR) is 59.7 cm³/mol. The molecule has 1 aromatic carbocycles. The molecule has 6 nitrogen and oxygen atoms in total. The van der Waals surface area contributed by atoms with Crippen LogP contribution in [0.4, 0.5) is 0 Å². The van der Waals surface area contributed by atoms with Crippen molar-refractivity contribution in [1.82, 2.24) is 0 Å². The van der Waals surface area contributed by atoms with Crippen molar-refractivity contribution in [2.75, 3.05) is 0 Å². The molecular weight excluding hydrogens is 278 g/mol. The van der Waals surface area contributed by atoms with Crippen molar-refractivity contribution >= 4 is 33.7 Å². The third-order valence-electron chi connectivity index (χ3n) is 1.89. The molecule has 0 aliphatic carbocycles. The number of hydrogen-bond acceptors (Lipinski definition) is 3. The van der Waals surface area contributed by atoms with Crippen LogP contribution in [0.25, 0.3) is 0 Å². The first-order valence-corrected chi connectivity index (χ1v) is 4.87. The molecule has 3 amide bonds. The zero-order valence-electron chi connectivity index (χ0n) is 7.99. The normalized spacial score (nSPS) is 9.81. The summed E-state index contributed by atoms with van der Waals surface area (Å²) in [5, 5.41) is 0. The van der Waals surface area contributed by atoms with Crippen LogP contribution in [0.3, 0.4) is 0 Å². The minimum Gasteiger partial charge on any atom is -0.366 e. The first-order chi connectivity index (χ1) is 7.34. The van der Waals surface area contributed by atoms with Crippen LogP contribution < -0.4 is 17.2 Å². The lowest BCUT2D eigenvalue weighted by atomic mass is 10.0. The molecule has 84 valence electrons. The van der Waals surface area contributed by atoms with E-state index in [4.69, 9.17) is 17.2 Å². The van der Waals surface area contributed by atoms with Crippen molar-refractivity contribution in [3.05, 3.63) is 33.3 Å². The van der Waals surface area contributed by atoms with Gasteiger partial charge in [0, 0.05) is 10.0 Å². The third-order valence-corrected chi connectivity index (χ3v) is 2.74. The first kappa shape index (κ1) is 12.2. The number of carbonyl (C=O) groups excluding carboxylic acids is 3. The number of benzene rings is 1. The highest BCUT2D eigenvalue weighted by Crippen LogP contribution is 2.23. The molecular formula is C9H8BrN3O3. The Labute approximate surface area is 98.9 Å². The van der Waals surface area contributed by atoms with Gasteiger partial charge in [-0.15, -0.1) is 0 Å². The molecule has 0 aliphatic rings. The van der Waals surface area contributed by atoms with Crippen LogP contribution in [-0.4, -0.2) is 17.7 Å². The number of hydrogen-bond donors (Lipinski definition) is 3. The Morgan fingerprint density at radius 3 is 1.50 bits per heavy atom. The number of amides is 3. The second-order valence-electron chi connectivity index (χ2n) is 2.98. The smallest absolute Gasteiger partial charge is 0.249 e. The van der Waals surface area contributed by atoms with E-state index < -0.39 is 17.7 Å². The van der Waals surface area contributed by atoms with Gasteiger partial charge >= 0.3 is 0 Å². The molecule has 6 N–H and O–H groups in total. The number of rotatable bonds is 3. The minimum atomic E-state index is -0.794. The van der Waals surface area contributed by atoms with Gasteiger partial charge in [0.2, 0.25) is 17.7 Å². The zero-order valence-corrected chi connectivity index (χ0v) is 9.58. The summed E-state index contributed by atoms with van der Waals surface area (Å²) in [5.41, 5.74) is 15.1. The molecule has 0 unspecified atom stereocenters. The van der Waals surface area contributed by atoms with Crippen LogP contribution in [0.5, 0.6) is 0 Å². The molecule has 0 radical (unpaired) electrons. The fourth-order valence-electron chi connectivity index (χ4n) is 1.13. The molecule has 0 fully saturated rings. The molecule has 0 atom stereocenters. The molecule has 1 aromatic rings. The van der Waals surface area contributed by atoms with Crippen LogP contribution in [0, 0.1) is 0 Å². The van der Waals surface area contributed by atoms with Crippen LogP contribution >= 0.6 is 15.9 Å². The first-order valence-electron chi connectivity index (χ1n) is 4.07. The van der Waals surface area contributed by atoms with Gasteiger partial charge < -0.3 is 17.2 Å². The van der Waals surface area contributed by atoms with Crippen molar-refractivity contribution in [3.8, 4) is 0 Å². The Balaban J connectivity index is 3.57. The van der Waals surface area contributed by atoms with E-state index >= 15 is 0 Å². The largest absolute Gasteiger partial charge is 0.366 e. The van der Waals surface area contributed by atoms with Gasteiger partial charge in [0.05, 0.1) is 11.1 Å². The number of halogens is 1. The molecule has 7 heteroatoms. The van der Waals surface area contributed by atoms with Gasteiger partial charge in [0.1, 0.15) is 0 Å². The fourth-order valence-corrected chi connectivity index (χ4v) is 1.75. The van der Waals surface area contributed by atoms with E-state index in [-0.39, 0.29) is 21.2 Å². The Morgan fingerprint density at radius 2 is 1.25 bits per heavy atom. The maximum Gasteiger partial charge on any atom is 0.249 e. The van der Waals surface area contributed by atoms with E-state index in [1.165, 1.54) is 12.1 Å². The predicted octanol–water partition coefficient (Wildman–Crippen LogP) is -0.254. The lowest BCUT2D eigenvalue weighted by Crippen LogP contribution is -2.20. The Kier molecular flexibility index (Phi) is 3.28. The van der Waals surface area contributed by atoms with Crippen molar-refractivity contribution in [1.29, 1.82) is 0 Å². The second-order valence-corrected chi connectivity index (χ2v) is 3.77. The van der Waals surface area contributed by atoms with Crippen LogP contribution in [-0.2, 0) is 0 Å². The summed E-state index contributed by atoms with van der Waals surface area (Å²) < 4.78 is 0.150. The van der Waals surface area contributed by atoms with Gasteiger partial charge in [0.25, 0.3) is 0 Å². The third kappa shape index (κ3) is 2.19. The van der Waals surface area contributed by atoms with Crippen molar-refractivity contribution in [2.24, 2.45) is 17.2 Å². The number of nitrogens with two attached hydrogens (primary N) is 3. The quantitative estimate of drug-likeness (QED) is 0.708. The average Bonchev–Trinajstić information content (AvgIpc) is 2.16. The molecule has 0 spiro atoms. The highest BCUT2D eigenvalue weighted by atomic mass is 79.9. The number of carbonyl (C=O) groups is 3. The standard InChI is InChI=1S/C9H8BrN3O3/c10-6-4(8(12)15)1-3(7(11)14)2-5(6)9(13)16/h1-2H,(H2,11,14)(H2,12,15)(H2,13,16). The zero-order chi connectivity index (χ0) is 12.5. The van der Waals surface area contributed by atoms with Gasteiger partial charge in [-0.1, -0.05) is 0 Å². The molecule has 0 aliphatic heterocycles. The minimum absolute atomic E-state index is 0.00852. The second kappa shape index (κ2) is 4.31. The van der Waals surface area contributed by atoms with Gasteiger partial charge in [0.15, 0.2) is 0 Å². The van der Waals surface area contributed by atoms with Crippen LogP contribution in [0.15, 0.2) is 16.6 Å². The van der Waals surface area contributed by atoms with Gasteiger partial charge in [-0.05, 0) is 28.1 Å². The van der Waals surface area contributed by atoms with Crippen molar-refractivity contribution < 1.29 is 14.4 Å². The van der Waals surface area contributed by atoms with Crippen LogP contribution in [0.1, 0.15) is 31.1 Å². The monoisotopic (exact) mass is 285 g/mol. The molecule has 0 saturated carbocycles. The Hall–Kier alpha value is -1.89. The summed E-state index contributed by atoms with van der Waals surface area (Å²) in [5.74, 6) is -2.37.